The van der Waals surface area contributed by atoms with Crippen LogP contribution in [0.25, 0.3) is 0 Å². The minimum absolute atomic E-state index is 0.00722. The third-order valence-electron chi connectivity index (χ3n) is 3.48. The number of amides is 1. The average molecular weight is 351 g/mol. The molecule has 0 bridgehead atoms. The first-order valence-electron chi connectivity index (χ1n) is 7.17. The predicted molar refractivity (Wildman–Crippen MR) is 86.4 cm³/mol. The fraction of sp³-hybridized carbons (Fsp3) is 0.357. The van der Waals surface area contributed by atoms with E-state index in [-0.39, 0.29) is 16.8 Å². The summed E-state index contributed by atoms with van der Waals surface area (Å²) < 4.78 is 33.0. The lowest BCUT2D eigenvalue weighted by molar-refractivity contribution is -0.117. The summed E-state index contributed by atoms with van der Waals surface area (Å²) in [5.74, 6) is 0.277. The fourth-order valence-corrected chi connectivity index (χ4v) is 3.46. The molecule has 9 nitrogen and oxygen atoms in total. The lowest BCUT2D eigenvalue weighted by Crippen LogP contribution is -2.48. The SMILES string of the molecule is CC(=O)N1CC(C)(C)Oc2ccc(S(=O)(=O)Nc3ncn[nH]3)cc21. The molecule has 3 rings (SSSR count). The molecule has 1 aromatic carbocycles. The number of nitrogens with one attached hydrogen (secondary N) is 2. The first kappa shape index (κ1) is 16.2. The maximum Gasteiger partial charge on any atom is 0.264 e. The van der Waals surface area contributed by atoms with Gasteiger partial charge in [-0.05, 0) is 32.0 Å². The Labute approximate surface area is 139 Å². The van der Waals surface area contributed by atoms with Gasteiger partial charge in [-0.3, -0.25) is 4.79 Å². The molecular formula is C14H17N5O4S. The van der Waals surface area contributed by atoms with Gasteiger partial charge in [-0.2, -0.15) is 10.1 Å². The van der Waals surface area contributed by atoms with Crippen LogP contribution in [-0.4, -0.2) is 41.7 Å². The first-order valence-corrected chi connectivity index (χ1v) is 8.66. The Balaban J connectivity index is 2.01. The summed E-state index contributed by atoms with van der Waals surface area (Å²) in [6, 6.07) is 4.36. The molecule has 2 heterocycles. The molecule has 10 heteroatoms. The number of ether oxygens (including phenoxy) is 1. The number of benzene rings is 1. The van der Waals surface area contributed by atoms with Crippen LogP contribution >= 0.6 is 0 Å². The van der Waals surface area contributed by atoms with Crippen molar-refractivity contribution in [3.8, 4) is 5.75 Å². The van der Waals surface area contributed by atoms with Gasteiger partial charge in [0.1, 0.15) is 17.7 Å². The second-order valence-electron chi connectivity index (χ2n) is 6.04. The molecule has 0 spiro atoms. The molecule has 1 aliphatic rings. The van der Waals surface area contributed by atoms with Crippen LogP contribution in [0.4, 0.5) is 11.6 Å². The molecular weight excluding hydrogens is 334 g/mol. The number of H-pyrrole nitrogens is 1. The van der Waals surface area contributed by atoms with E-state index in [1.165, 1.54) is 30.3 Å². The van der Waals surface area contributed by atoms with Gasteiger partial charge < -0.3 is 9.64 Å². The Bertz CT molecular complexity index is 877. The van der Waals surface area contributed by atoms with Crippen LogP contribution in [0.3, 0.4) is 0 Å². The van der Waals surface area contributed by atoms with Crippen LogP contribution < -0.4 is 14.4 Å². The lowest BCUT2D eigenvalue weighted by Gasteiger charge is -2.39. The van der Waals surface area contributed by atoms with Crippen LogP contribution in [0.2, 0.25) is 0 Å². The molecule has 128 valence electrons. The zero-order chi connectivity index (χ0) is 17.5. The van der Waals surface area contributed by atoms with Gasteiger partial charge in [-0.25, -0.2) is 18.2 Å². The minimum Gasteiger partial charge on any atom is -0.484 e. The first-order chi connectivity index (χ1) is 11.2. The molecule has 0 unspecified atom stereocenters. The van der Waals surface area contributed by atoms with Gasteiger partial charge in [-0.1, -0.05) is 0 Å². The summed E-state index contributed by atoms with van der Waals surface area (Å²) in [6.45, 7) is 5.48. The third kappa shape index (κ3) is 3.04. The molecule has 0 radical (unpaired) electrons. The summed E-state index contributed by atoms with van der Waals surface area (Å²) in [5.41, 5.74) is -0.140. The quantitative estimate of drug-likeness (QED) is 0.856. The summed E-state index contributed by atoms with van der Waals surface area (Å²) >= 11 is 0. The monoisotopic (exact) mass is 351 g/mol. The highest BCUT2D eigenvalue weighted by Crippen LogP contribution is 2.38. The third-order valence-corrected chi connectivity index (χ3v) is 4.82. The topological polar surface area (TPSA) is 117 Å². The summed E-state index contributed by atoms with van der Waals surface area (Å²) in [7, 11) is -3.87. The van der Waals surface area contributed by atoms with E-state index in [2.05, 4.69) is 19.9 Å². The summed E-state index contributed by atoms with van der Waals surface area (Å²) in [4.78, 5) is 17.2. The van der Waals surface area contributed by atoms with E-state index in [0.717, 1.165) is 0 Å². The highest BCUT2D eigenvalue weighted by atomic mass is 32.2. The molecule has 1 aromatic heterocycles. The van der Waals surface area contributed by atoms with Crippen molar-refractivity contribution in [1.82, 2.24) is 15.2 Å². The number of hydrogen-bond donors (Lipinski definition) is 2. The molecule has 1 amide bonds. The van der Waals surface area contributed by atoms with Crippen LogP contribution in [0.5, 0.6) is 5.75 Å². The van der Waals surface area contributed by atoms with Gasteiger partial charge in [0.2, 0.25) is 11.9 Å². The fourth-order valence-electron chi connectivity index (χ4n) is 2.48. The van der Waals surface area contributed by atoms with E-state index in [1.807, 2.05) is 13.8 Å². The number of aromatic nitrogens is 3. The van der Waals surface area contributed by atoms with Crippen molar-refractivity contribution in [1.29, 1.82) is 0 Å². The van der Waals surface area contributed by atoms with Crippen LogP contribution in [-0.2, 0) is 14.8 Å². The molecule has 2 aromatic rings. The number of rotatable bonds is 3. The van der Waals surface area contributed by atoms with E-state index in [9.17, 15) is 13.2 Å². The van der Waals surface area contributed by atoms with E-state index >= 15 is 0 Å². The largest absolute Gasteiger partial charge is 0.484 e. The van der Waals surface area contributed by atoms with Crippen molar-refractivity contribution in [2.24, 2.45) is 0 Å². The summed E-state index contributed by atoms with van der Waals surface area (Å²) in [6.07, 6.45) is 1.19. The Morgan fingerprint density at radius 3 is 2.79 bits per heavy atom. The highest BCUT2D eigenvalue weighted by Gasteiger charge is 2.34. The molecule has 2 N–H and O–H groups in total. The number of anilines is 2. The average Bonchev–Trinajstić information content (AvgIpc) is 2.97. The molecule has 0 fully saturated rings. The van der Waals surface area contributed by atoms with E-state index in [0.29, 0.717) is 18.0 Å². The standard InChI is InChI=1S/C14H17N5O4S/c1-9(20)19-7-14(2,3)23-12-5-4-10(6-11(12)19)24(21,22)18-13-15-8-16-17-13/h4-6,8H,7H2,1-3H3,(H2,15,16,17,18). The Morgan fingerprint density at radius 2 is 2.17 bits per heavy atom. The number of sulfonamides is 1. The van der Waals surface area contributed by atoms with Crippen LogP contribution in [0.15, 0.2) is 29.4 Å². The molecule has 0 saturated heterocycles. The Kier molecular flexibility index (Phi) is 3.71. The smallest absolute Gasteiger partial charge is 0.264 e. The molecule has 1 aliphatic heterocycles. The van der Waals surface area contributed by atoms with Gasteiger partial charge in [0.15, 0.2) is 0 Å². The molecule has 0 aliphatic carbocycles. The Hall–Kier alpha value is -2.62. The van der Waals surface area contributed by atoms with Crippen LogP contribution in [0, 0.1) is 0 Å². The van der Waals surface area contributed by atoms with E-state index < -0.39 is 15.6 Å². The van der Waals surface area contributed by atoms with Crippen molar-refractivity contribution >= 4 is 27.6 Å². The molecule has 0 atom stereocenters. The van der Waals surface area contributed by atoms with Crippen molar-refractivity contribution in [2.45, 2.75) is 31.3 Å². The molecule has 24 heavy (non-hydrogen) atoms. The van der Waals surface area contributed by atoms with Crippen molar-refractivity contribution < 1.29 is 17.9 Å². The number of carbonyl (C=O) groups excluding carboxylic acids is 1. The maximum atomic E-state index is 12.4. The van der Waals surface area contributed by atoms with Gasteiger partial charge in [0.25, 0.3) is 10.0 Å². The zero-order valence-corrected chi connectivity index (χ0v) is 14.2. The van der Waals surface area contributed by atoms with Gasteiger partial charge >= 0.3 is 0 Å². The van der Waals surface area contributed by atoms with E-state index in [1.54, 1.807) is 6.07 Å². The predicted octanol–water partition coefficient (Wildman–Crippen LogP) is 1.13. The van der Waals surface area contributed by atoms with E-state index in [4.69, 9.17) is 4.74 Å². The van der Waals surface area contributed by atoms with Crippen molar-refractivity contribution in [3.63, 3.8) is 0 Å². The van der Waals surface area contributed by atoms with Gasteiger partial charge in [-0.15, -0.1) is 0 Å². The number of nitrogens with zero attached hydrogens (tertiary/aromatic N) is 3. The van der Waals surface area contributed by atoms with Crippen LogP contribution in [0.1, 0.15) is 20.8 Å². The second kappa shape index (κ2) is 5.48. The number of fused-ring (bicyclic) bond motifs is 1. The number of aromatic amines is 1. The van der Waals surface area contributed by atoms with Crippen molar-refractivity contribution in [2.75, 3.05) is 16.2 Å². The number of carbonyl (C=O) groups is 1. The number of hydrogen-bond acceptors (Lipinski definition) is 6. The zero-order valence-electron chi connectivity index (χ0n) is 13.4. The highest BCUT2D eigenvalue weighted by molar-refractivity contribution is 7.92. The van der Waals surface area contributed by atoms with Crippen molar-refractivity contribution in [3.05, 3.63) is 24.5 Å². The molecule has 0 saturated carbocycles. The summed E-state index contributed by atoms with van der Waals surface area (Å²) in [5, 5.41) is 6.01. The maximum absolute atomic E-state index is 12.4. The Morgan fingerprint density at radius 1 is 1.42 bits per heavy atom. The second-order valence-corrected chi connectivity index (χ2v) is 7.72. The normalized spacial score (nSPS) is 16.2. The lowest BCUT2D eigenvalue weighted by atomic mass is 10.1. The minimum atomic E-state index is -3.87. The van der Waals surface area contributed by atoms with Gasteiger partial charge in [0.05, 0.1) is 17.1 Å². The van der Waals surface area contributed by atoms with Gasteiger partial charge in [0, 0.05) is 6.92 Å².